The number of nitrogens with one attached hydrogen (secondary N) is 1. The lowest BCUT2D eigenvalue weighted by Crippen LogP contribution is -2.43. The van der Waals surface area contributed by atoms with Gasteiger partial charge in [0.2, 0.25) is 0 Å². The maximum absolute atomic E-state index is 14.1. The molecule has 0 bridgehead atoms. The van der Waals surface area contributed by atoms with E-state index in [2.05, 4.69) is 24.1 Å². The largest absolute Gasteiger partial charge is 0.310 e. The summed E-state index contributed by atoms with van der Waals surface area (Å²) in [5.74, 6) is 0.604. The topological polar surface area (TPSA) is 15.3 Å². The molecule has 1 aromatic carbocycles. The molecule has 0 aliphatic carbocycles. The first kappa shape index (κ1) is 17.6. The lowest BCUT2D eigenvalue weighted by Gasteiger charge is -2.33. The number of halogens is 1. The Morgan fingerprint density at radius 1 is 1.25 bits per heavy atom. The summed E-state index contributed by atoms with van der Waals surface area (Å²) in [5, 5.41) is 5.65. The van der Waals surface area contributed by atoms with Gasteiger partial charge < -0.3 is 10.2 Å². The Morgan fingerprint density at radius 2 is 2.04 bits per heavy atom. The van der Waals surface area contributed by atoms with Gasteiger partial charge in [-0.3, -0.25) is 0 Å². The molecule has 0 spiro atoms. The van der Waals surface area contributed by atoms with Crippen LogP contribution < -0.4 is 5.32 Å². The minimum absolute atomic E-state index is 0.136. The van der Waals surface area contributed by atoms with E-state index < -0.39 is 0 Å². The van der Waals surface area contributed by atoms with Crippen LogP contribution in [0, 0.1) is 11.7 Å². The van der Waals surface area contributed by atoms with Crippen molar-refractivity contribution in [3.05, 3.63) is 47.1 Å². The first-order chi connectivity index (χ1) is 11.6. The van der Waals surface area contributed by atoms with Gasteiger partial charge in [-0.25, -0.2) is 4.39 Å². The first-order valence-electron chi connectivity index (χ1n) is 8.90. The molecule has 2 aromatic rings. The Bertz CT molecular complexity index is 631. The van der Waals surface area contributed by atoms with Crippen molar-refractivity contribution in [2.75, 3.05) is 19.6 Å². The molecule has 1 saturated heterocycles. The smallest absolute Gasteiger partial charge is 0.131 e. The molecule has 1 aromatic heterocycles. The van der Waals surface area contributed by atoms with Crippen molar-refractivity contribution in [1.82, 2.24) is 10.2 Å². The van der Waals surface area contributed by atoms with Crippen LogP contribution in [-0.2, 0) is 6.54 Å². The first-order valence-corrected chi connectivity index (χ1v) is 9.78. The Labute approximate surface area is 148 Å². The maximum Gasteiger partial charge on any atom is 0.131 e. The van der Waals surface area contributed by atoms with Gasteiger partial charge >= 0.3 is 0 Å². The molecule has 1 N–H and O–H groups in total. The van der Waals surface area contributed by atoms with Crippen LogP contribution in [0.1, 0.15) is 32.3 Å². The minimum Gasteiger partial charge on any atom is -0.310 e. The average molecular weight is 347 g/mol. The summed E-state index contributed by atoms with van der Waals surface area (Å²) >= 11 is 1.58. The minimum atomic E-state index is -0.136. The molecule has 24 heavy (non-hydrogen) atoms. The fraction of sp³-hybridized carbons (Fsp3) is 0.500. The molecule has 4 heteroatoms. The number of benzene rings is 1. The van der Waals surface area contributed by atoms with Crippen LogP contribution in [0.4, 0.5) is 4.39 Å². The summed E-state index contributed by atoms with van der Waals surface area (Å²) in [6, 6.07) is 10.00. The van der Waals surface area contributed by atoms with Gasteiger partial charge in [0, 0.05) is 29.6 Å². The lowest BCUT2D eigenvalue weighted by molar-refractivity contribution is 0.179. The molecular weight excluding hydrogens is 319 g/mol. The summed E-state index contributed by atoms with van der Waals surface area (Å²) in [6.45, 7) is 8.94. The number of hydrogen-bond acceptors (Lipinski definition) is 3. The zero-order valence-corrected chi connectivity index (χ0v) is 15.4. The summed E-state index contributed by atoms with van der Waals surface area (Å²) in [5.41, 5.74) is 1.88. The molecule has 1 aliphatic rings. The molecule has 0 atom stereocenters. The number of likely N-dealkylation sites (tertiary alicyclic amines) is 1. The second-order valence-electron chi connectivity index (χ2n) is 7.14. The van der Waals surface area contributed by atoms with Gasteiger partial charge in [-0.15, -0.1) is 11.3 Å². The number of piperidine rings is 1. The lowest BCUT2D eigenvalue weighted by atomic mass is 10.0. The van der Waals surface area contributed by atoms with Crippen molar-refractivity contribution in [1.29, 1.82) is 0 Å². The predicted molar refractivity (Wildman–Crippen MR) is 101 cm³/mol. The quantitative estimate of drug-likeness (QED) is 0.811. The number of thiophene rings is 1. The highest BCUT2D eigenvalue weighted by Gasteiger charge is 2.19. The van der Waals surface area contributed by atoms with E-state index in [4.69, 9.17) is 0 Å². The molecule has 0 saturated carbocycles. The van der Waals surface area contributed by atoms with Crippen molar-refractivity contribution in [2.24, 2.45) is 5.92 Å². The number of rotatable bonds is 6. The SMILES string of the molecule is CC(C)CN1CCC(NCc2ccc(F)c(-c3cccs3)c2)CC1. The van der Waals surface area contributed by atoms with E-state index in [1.54, 1.807) is 17.4 Å². The molecule has 1 aliphatic heterocycles. The van der Waals surface area contributed by atoms with E-state index in [0.717, 1.165) is 28.5 Å². The van der Waals surface area contributed by atoms with E-state index in [-0.39, 0.29) is 5.82 Å². The van der Waals surface area contributed by atoms with E-state index in [0.29, 0.717) is 6.04 Å². The van der Waals surface area contributed by atoms with Crippen molar-refractivity contribution in [3.63, 3.8) is 0 Å². The summed E-state index contributed by atoms with van der Waals surface area (Å²) in [7, 11) is 0. The van der Waals surface area contributed by atoms with Gasteiger partial charge in [0.15, 0.2) is 0 Å². The summed E-state index contributed by atoms with van der Waals surface area (Å²) in [4.78, 5) is 3.56. The maximum atomic E-state index is 14.1. The van der Waals surface area contributed by atoms with Gasteiger partial charge in [0.05, 0.1) is 0 Å². The van der Waals surface area contributed by atoms with Crippen LogP contribution in [0.15, 0.2) is 35.7 Å². The Hall–Kier alpha value is -1.23. The van der Waals surface area contributed by atoms with Gasteiger partial charge in [0.25, 0.3) is 0 Å². The van der Waals surface area contributed by atoms with Crippen LogP contribution in [-0.4, -0.2) is 30.6 Å². The highest BCUT2D eigenvalue weighted by molar-refractivity contribution is 7.13. The van der Waals surface area contributed by atoms with Crippen molar-refractivity contribution in [3.8, 4) is 10.4 Å². The molecular formula is C20H27FN2S. The standard InChI is InChI=1S/C20H27FN2S/c1-15(2)14-23-9-7-17(8-10-23)22-13-16-5-6-19(21)18(12-16)20-4-3-11-24-20/h3-6,11-12,15,17,22H,7-10,13-14H2,1-2H3. The van der Waals surface area contributed by atoms with E-state index >= 15 is 0 Å². The summed E-state index contributed by atoms with van der Waals surface area (Å²) < 4.78 is 14.1. The van der Waals surface area contributed by atoms with E-state index in [1.807, 2.05) is 29.6 Å². The molecule has 1 fully saturated rings. The fourth-order valence-electron chi connectivity index (χ4n) is 3.40. The molecule has 2 nitrogen and oxygen atoms in total. The second-order valence-corrected chi connectivity index (χ2v) is 8.09. The van der Waals surface area contributed by atoms with Gasteiger partial charge in [-0.05, 0) is 61.0 Å². The zero-order valence-electron chi connectivity index (χ0n) is 14.6. The highest BCUT2D eigenvalue weighted by atomic mass is 32.1. The third kappa shape index (κ3) is 4.65. The monoisotopic (exact) mass is 346 g/mol. The molecule has 0 unspecified atom stereocenters. The third-order valence-electron chi connectivity index (χ3n) is 4.62. The molecule has 2 heterocycles. The Balaban J connectivity index is 1.53. The Kier molecular flexibility index (Phi) is 6.04. The zero-order chi connectivity index (χ0) is 16.9. The fourth-order valence-corrected chi connectivity index (χ4v) is 4.15. The Morgan fingerprint density at radius 3 is 2.71 bits per heavy atom. The number of nitrogens with zero attached hydrogens (tertiary/aromatic N) is 1. The highest BCUT2D eigenvalue weighted by Crippen LogP contribution is 2.28. The average Bonchev–Trinajstić information content (AvgIpc) is 3.09. The number of hydrogen-bond donors (Lipinski definition) is 1. The predicted octanol–water partition coefficient (Wildman–Crippen LogP) is 4.76. The summed E-state index contributed by atoms with van der Waals surface area (Å²) in [6.07, 6.45) is 2.40. The molecule has 130 valence electrons. The third-order valence-corrected chi connectivity index (χ3v) is 5.53. The van der Waals surface area contributed by atoms with Gasteiger partial charge in [-0.1, -0.05) is 26.0 Å². The van der Waals surface area contributed by atoms with Crippen LogP contribution in [0.25, 0.3) is 10.4 Å². The van der Waals surface area contributed by atoms with E-state index in [1.165, 1.54) is 32.5 Å². The normalized spacial score (nSPS) is 16.8. The van der Waals surface area contributed by atoms with Crippen molar-refractivity contribution in [2.45, 2.75) is 39.3 Å². The van der Waals surface area contributed by atoms with Gasteiger partial charge in [0.1, 0.15) is 5.82 Å². The van der Waals surface area contributed by atoms with Gasteiger partial charge in [-0.2, -0.15) is 0 Å². The van der Waals surface area contributed by atoms with E-state index in [9.17, 15) is 4.39 Å². The van der Waals surface area contributed by atoms with Crippen LogP contribution in [0.2, 0.25) is 0 Å². The molecule has 3 rings (SSSR count). The van der Waals surface area contributed by atoms with Crippen molar-refractivity contribution >= 4 is 11.3 Å². The molecule has 0 radical (unpaired) electrons. The molecule has 0 amide bonds. The van der Waals surface area contributed by atoms with Crippen molar-refractivity contribution < 1.29 is 4.39 Å². The van der Waals surface area contributed by atoms with Crippen LogP contribution in [0.3, 0.4) is 0 Å². The van der Waals surface area contributed by atoms with Crippen LogP contribution >= 0.6 is 11.3 Å². The van der Waals surface area contributed by atoms with Crippen LogP contribution in [0.5, 0.6) is 0 Å². The second kappa shape index (κ2) is 8.24.